The quantitative estimate of drug-likeness (QED) is 0.468. The van der Waals surface area contributed by atoms with Crippen LogP contribution in [0.15, 0.2) is 34.8 Å². The highest BCUT2D eigenvalue weighted by Gasteiger charge is 2.15. The maximum absolute atomic E-state index is 13.7. The Hall–Kier alpha value is -1.73. The van der Waals surface area contributed by atoms with Crippen LogP contribution in [0.5, 0.6) is 0 Å². The van der Waals surface area contributed by atoms with Gasteiger partial charge in [0.2, 0.25) is 0 Å². The van der Waals surface area contributed by atoms with Gasteiger partial charge in [-0.15, -0.1) is 0 Å². The Morgan fingerprint density at radius 1 is 1.24 bits per heavy atom. The topological polar surface area (TPSA) is 55.2 Å². The highest BCUT2D eigenvalue weighted by Crippen LogP contribution is 2.26. The average molecular weight is 378 g/mol. The fourth-order valence-corrected chi connectivity index (χ4v) is 2.23. The second kappa shape index (κ2) is 6.36. The van der Waals surface area contributed by atoms with Gasteiger partial charge in [-0.25, -0.2) is 8.78 Å². The van der Waals surface area contributed by atoms with Crippen molar-refractivity contribution in [3.8, 4) is 0 Å². The molecule has 0 fully saturated rings. The average Bonchev–Trinajstić information content (AvgIpc) is 2.41. The molecule has 2 aromatic rings. The first-order valence-electron chi connectivity index (χ1n) is 5.69. The first-order valence-corrected chi connectivity index (χ1v) is 6.87. The standard InChI is InChI=1S/C13H8BrClF2N2O2/c14-9-4-11(17)12(5-10(9)16)18-6-7-3-8(15)1-2-13(7)19(20)21/h1-5,18H,6H2. The number of nitrogens with one attached hydrogen (secondary N) is 1. The van der Waals surface area contributed by atoms with Crippen LogP contribution in [0.1, 0.15) is 5.56 Å². The Kier molecular flexibility index (Phi) is 4.74. The summed E-state index contributed by atoms with van der Waals surface area (Å²) in [7, 11) is 0. The van der Waals surface area contributed by atoms with E-state index >= 15 is 0 Å². The van der Waals surface area contributed by atoms with E-state index in [1.54, 1.807) is 0 Å². The molecular formula is C13H8BrClF2N2O2. The molecule has 4 nitrogen and oxygen atoms in total. The number of nitro groups is 1. The van der Waals surface area contributed by atoms with Gasteiger partial charge in [0.1, 0.15) is 11.6 Å². The van der Waals surface area contributed by atoms with Crippen LogP contribution < -0.4 is 5.32 Å². The molecule has 0 saturated carbocycles. The summed E-state index contributed by atoms with van der Waals surface area (Å²) in [5, 5.41) is 13.8. The lowest BCUT2D eigenvalue weighted by Crippen LogP contribution is -2.05. The molecule has 2 aromatic carbocycles. The molecule has 2 rings (SSSR count). The number of hydrogen-bond donors (Lipinski definition) is 1. The van der Waals surface area contributed by atoms with Gasteiger partial charge < -0.3 is 5.32 Å². The monoisotopic (exact) mass is 376 g/mol. The van der Waals surface area contributed by atoms with E-state index in [4.69, 9.17) is 11.6 Å². The van der Waals surface area contributed by atoms with E-state index in [-0.39, 0.29) is 28.0 Å². The third kappa shape index (κ3) is 3.68. The van der Waals surface area contributed by atoms with Gasteiger partial charge in [-0.3, -0.25) is 10.1 Å². The van der Waals surface area contributed by atoms with Gasteiger partial charge in [0.05, 0.1) is 20.6 Å². The van der Waals surface area contributed by atoms with Crippen LogP contribution in [0.3, 0.4) is 0 Å². The lowest BCUT2D eigenvalue weighted by Gasteiger charge is -2.09. The van der Waals surface area contributed by atoms with E-state index < -0.39 is 16.6 Å². The van der Waals surface area contributed by atoms with Gasteiger partial charge >= 0.3 is 0 Å². The summed E-state index contributed by atoms with van der Waals surface area (Å²) in [6, 6.07) is 6.00. The van der Waals surface area contributed by atoms with Crippen molar-refractivity contribution in [1.82, 2.24) is 0 Å². The van der Waals surface area contributed by atoms with Crippen molar-refractivity contribution in [2.24, 2.45) is 0 Å². The summed E-state index contributed by atoms with van der Waals surface area (Å²) in [5.41, 5.74) is 0.0325. The molecule has 0 atom stereocenters. The first kappa shape index (κ1) is 15.7. The summed E-state index contributed by atoms with van der Waals surface area (Å²) in [6.07, 6.45) is 0. The minimum atomic E-state index is -0.673. The molecule has 1 N–H and O–H groups in total. The third-order valence-electron chi connectivity index (χ3n) is 2.72. The van der Waals surface area contributed by atoms with Crippen molar-refractivity contribution >= 4 is 38.9 Å². The van der Waals surface area contributed by atoms with E-state index in [2.05, 4.69) is 21.2 Å². The molecule has 0 bridgehead atoms. The Morgan fingerprint density at radius 3 is 2.62 bits per heavy atom. The predicted molar refractivity (Wildman–Crippen MR) is 79.5 cm³/mol. The summed E-state index contributed by atoms with van der Waals surface area (Å²) >= 11 is 8.66. The van der Waals surface area contributed by atoms with Gasteiger partial charge in [0, 0.05) is 23.7 Å². The van der Waals surface area contributed by atoms with Crippen LogP contribution in [0.4, 0.5) is 20.2 Å². The minimum absolute atomic E-state index is 0.000661. The van der Waals surface area contributed by atoms with Crippen molar-refractivity contribution in [2.75, 3.05) is 5.32 Å². The predicted octanol–water partition coefficient (Wildman–Crippen LogP) is 4.90. The molecule has 0 aliphatic carbocycles. The number of halogens is 4. The third-order valence-corrected chi connectivity index (χ3v) is 3.56. The Labute approximate surface area is 132 Å². The molecule has 0 unspecified atom stereocenters. The zero-order valence-corrected chi connectivity index (χ0v) is 12.7. The van der Waals surface area contributed by atoms with Gasteiger partial charge in [0.25, 0.3) is 5.69 Å². The zero-order valence-electron chi connectivity index (χ0n) is 10.4. The SMILES string of the molecule is O=[N+]([O-])c1ccc(Cl)cc1CNc1cc(F)c(Br)cc1F. The van der Waals surface area contributed by atoms with Gasteiger partial charge in [-0.2, -0.15) is 0 Å². The van der Waals surface area contributed by atoms with Crippen LogP contribution in [0.25, 0.3) is 0 Å². The normalized spacial score (nSPS) is 10.5. The molecule has 0 aromatic heterocycles. The van der Waals surface area contributed by atoms with E-state index in [1.165, 1.54) is 18.2 Å². The Bertz CT molecular complexity index is 713. The fourth-order valence-electron chi connectivity index (χ4n) is 1.72. The van der Waals surface area contributed by atoms with E-state index in [0.29, 0.717) is 5.02 Å². The smallest absolute Gasteiger partial charge is 0.274 e. The second-order valence-corrected chi connectivity index (χ2v) is 5.42. The number of anilines is 1. The molecule has 0 heterocycles. The van der Waals surface area contributed by atoms with Crippen molar-refractivity contribution < 1.29 is 13.7 Å². The van der Waals surface area contributed by atoms with Gasteiger partial charge in [0.15, 0.2) is 0 Å². The van der Waals surface area contributed by atoms with Crippen molar-refractivity contribution in [3.63, 3.8) is 0 Å². The summed E-state index contributed by atoms with van der Waals surface area (Å²) in [6.45, 7) is -0.0606. The largest absolute Gasteiger partial charge is 0.378 e. The molecule has 110 valence electrons. The molecule has 21 heavy (non-hydrogen) atoms. The van der Waals surface area contributed by atoms with E-state index in [0.717, 1.165) is 12.1 Å². The number of benzene rings is 2. The van der Waals surface area contributed by atoms with Gasteiger partial charge in [-0.05, 0) is 34.1 Å². The fraction of sp³-hybridized carbons (Fsp3) is 0.0769. The molecule has 0 amide bonds. The van der Waals surface area contributed by atoms with Crippen molar-refractivity contribution in [3.05, 3.63) is 67.1 Å². The Balaban J connectivity index is 2.26. The number of hydrogen-bond acceptors (Lipinski definition) is 3. The Morgan fingerprint density at radius 2 is 1.95 bits per heavy atom. The maximum atomic E-state index is 13.7. The van der Waals surface area contributed by atoms with Crippen molar-refractivity contribution in [2.45, 2.75) is 6.54 Å². The highest BCUT2D eigenvalue weighted by molar-refractivity contribution is 9.10. The van der Waals surface area contributed by atoms with Crippen molar-refractivity contribution in [1.29, 1.82) is 0 Å². The summed E-state index contributed by atoms with van der Waals surface area (Å²) in [4.78, 5) is 10.3. The van der Waals surface area contributed by atoms with E-state index in [9.17, 15) is 18.9 Å². The highest BCUT2D eigenvalue weighted by atomic mass is 79.9. The number of nitrogens with zero attached hydrogens (tertiary/aromatic N) is 1. The summed E-state index contributed by atoms with van der Waals surface area (Å²) < 4.78 is 27.0. The van der Waals surface area contributed by atoms with Crippen LogP contribution >= 0.6 is 27.5 Å². The van der Waals surface area contributed by atoms with Crippen LogP contribution in [-0.4, -0.2) is 4.92 Å². The molecule has 0 aliphatic heterocycles. The molecular weight excluding hydrogens is 370 g/mol. The molecule has 0 aliphatic rings. The van der Waals surface area contributed by atoms with E-state index in [1.807, 2.05) is 0 Å². The van der Waals surface area contributed by atoms with Crippen LogP contribution in [0, 0.1) is 21.7 Å². The molecule has 0 radical (unpaired) electrons. The first-order chi connectivity index (χ1) is 9.88. The number of nitro benzene ring substituents is 1. The molecule has 8 heteroatoms. The molecule has 0 spiro atoms. The van der Waals surface area contributed by atoms with Crippen LogP contribution in [0.2, 0.25) is 5.02 Å². The van der Waals surface area contributed by atoms with Crippen LogP contribution in [-0.2, 0) is 6.54 Å². The maximum Gasteiger partial charge on any atom is 0.274 e. The van der Waals surface area contributed by atoms with Gasteiger partial charge in [-0.1, -0.05) is 11.6 Å². The summed E-state index contributed by atoms with van der Waals surface area (Å²) in [5.74, 6) is -1.31. The lowest BCUT2D eigenvalue weighted by molar-refractivity contribution is -0.385. The molecule has 0 saturated heterocycles. The lowest BCUT2D eigenvalue weighted by atomic mass is 10.1. The zero-order chi connectivity index (χ0) is 15.6. The number of rotatable bonds is 4. The second-order valence-electron chi connectivity index (χ2n) is 4.13. The minimum Gasteiger partial charge on any atom is -0.378 e.